The van der Waals surface area contributed by atoms with Crippen molar-refractivity contribution in [3.63, 3.8) is 0 Å². The Morgan fingerprint density at radius 1 is 1.10 bits per heavy atom. The van der Waals surface area contributed by atoms with Gasteiger partial charge in [0, 0.05) is 26.2 Å². The Balaban J connectivity index is 1.45. The van der Waals surface area contributed by atoms with Crippen molar-refractivity contribution in [2.24, 2.45) is 0 Å². The number of sulfonamides is 1. The molecule has 0 atom stereocenters. The van der Waals surface area contributed by atoms with Crippen molar-refractivity contribution in [2.45, 2.75) is 11.4 Å². The molecule has 158 valence electrons. The average Bonchev–Trinajstić information content (AvgIpc) is 3.19. The Labute approximate surface area is 186 Å². The summed E-state index contributed by atoms with van der Waals surface area (Å²) < 4.78 is 28.4. The first-order valence-corrected chi connectivity index (χ1v) is 12.0. The predicted molar refractivity (Wildman–Crippen MR) is 116 cm³/mol. The van der Waals surface area contributed by atoms with Crippen LogP contribution in [-0.2, 0) is 21.4 Å². The Bertz CT molecular complexity index is 1260. The first kappa shape index (κ1) is 21.3. The molecule has 0 unspecified atom stereocenters. The van der Waals surface area contributed by atoms with E-state index in [9.17, 15) is 18.0 Å². The Kier molecular flexibility index (Phi) is 5.86. The standard InChI is InChI=1S/C18H16Cl2N4O4S2/c19-13-2-1-3-14(20)16(13)30(27,28)24-7-5-22(6-8-24)15(25)10-23-11-21-17-12(18(23)26)4-9-29-17/h1-4,9,11H,5-8,10H2. The predicted octanol–water partition coefficient (Wildman–Crippen LogP) is 2.30. The zero-order chi connectivity index (χ0) is 21.5. The highest BCUT2D eigenvalue weighted by molar-refractivity contribution is 7.89. The molecule has 1 aliphatic rings. The van der Waals surface area contributed by atoms with Gasteiger partial charge in [-0.2, -0.15) is 4.31 Å². The molecule has 3 aromatic rings. The third kappa shape index (κ3) is 3.85. The minimum atomic E-state index is -3.89. The summed E-state index contributed by atoms with van der Waals surface area (Å²) in [7, 11) is -3.89. The van der Waals surface area contributed by atoms with Crippen LogP contribution in [0, 0.1) is 0 Å². The zero-order valence-electron chi connectivity index (χ0n) is 15.5. The molecule has 30 heavy (non-hydrogen) atoms. The number of aromatic nitrogens is 2. The van der Waals surface area contributed by atoms with Crippen molar-refractivity contribution in [1.29, 1.82) is 0 Å². The molecule has 12 heteroatoms. The fraction of sp³-hybridized carbons (Fsp3) is 0.278. The Morgan fingerprint density at radius 3 is 2.43 bits per heavy atom. The molecule has 0 saturated carbocycles. The van der Waals surface area contributed by atoms with E-state index >= 15 is 0 Å². The van der Waals surface area contributed by atoms with Crippen molar-refractivity contribution in [3.8, 4) is 0 Å². The molecule has 2 aromatic heterocycles. The van der Waals surface area contributed by atoms with Crippen LogP contribution in [0.4, 0.5) is 0 Å². The third-order valence-corrected chi connectivity index (χ3v) is 8.54. The van der Waals surface area contributed by atoms with E-state index in [2.05, 4.69) is 4.98 Å². The minimum Gasteiger partial charge on any atom is -0.338 e. The first-order chi connectivity index (χ1) is 14.3. The maximum Gasteiger partial charge on any atom is 0.262 e. The van der Waals surface area contributed by atoms with E-state index in [4.69, 9.17) is 23.2 Å². The zero-order valence-corrected chi connectivity index (χ0v) is 18.6. The summed E-state index contributed by atoms with van der Waals surface area (Å²) in [5.41, 5.74) is -0.274. The summed E-state index contributed by atoms with van der Waals surface area (Å²) in [5, 5.41) is 2.35. The summed E-state index contributed by atoms with van der Waals surface area (Å²) in [5.74, 6) is -0.277. The molecule has 8 nitrogen and oxygen atoms in total. The molecule has 1 amide bonds. The van der Waals surface area contributed by atoms with Crippen LogP contribution in [-0.4, -0.2) is 59.3 Å². The summed E-state index contributed by atoms with van der Waals surface area (Å²) in [6.07, 6.45) is 1.36. The van der Waals surface area contributed by atoms with Gasteiger partial charge in [-0.25, -0.2) is 13.4 Å². The van der Waals surface area contributed by atoms with Gasteiger partial charge < -0.3 is 4.90 Å². The van der Waals surface area contributed by atoms with E-state index in [0.29, 0.717) is 10.2 Å². The van der Waals surface area contributed by atoms with Gasteiger partial charge >= 0.3 is 0 Å². The normalized spacial score (nSPS) is 15.6. The molecule has 0 N–H and O–H groups in total. The molecule has 0 bridgehead atoms. The van der Waals surface area contributed by atoms with Gasteiger partial charge in [0.05, 0.1) is 21.8 Å². The largest absolute Gasteiger partial charge is 0.338 e. The van der Waals surface area contributed by atoms with E-state index in [0.717, 1.165) is 0 Å². The topological polar surface area (TPSA) is 92.6 Å². The van der Waals surface area contributed by atoms with Crippen LogP contribution in [0.3, 0.4) is 0 Å². The van der Waals surface area contributed by atoms with Crippen molar-refractivity contribution in [1.82, 2.24) is 18.8 Å². The van der Waals surface area contributed by atoms with Gasteiger partial charge in [-0.15, -0.1) is 11.3 Å². The Hall–Kier alpha value is -1.98. The third-order valence-electron chi connectivity index (χ3n) is 4.86. The van der Waals surface area contributed by atoms with Crippen molar-refractivity contribution >= 4 is 60.7 Å². The number of carbonyl (C=O) groups is 1. The number of rotatable bonds is 4. The van der Waals surface area contributed by atoms with E-state index in [-0.39, 0.29) is 59.1 Å². The quantitative estimate of drug-likeness (QED) is 0.563. The molecule has 4 rings (SSSR count). The van der Waals surface area contributed by atoms with Gasteiger partial charge in [0.2, 0.25) is 15.9 Å². The number of fused-ring (bicyclic) bond motifs is 1. The lowest BCUT2D eigenvalue weighted by Crippen LogP contribution is -2.51. The number of carbonyl (C=O) groups excluding carboxylic acids is 1. The fourth-order valence-corrected chi connectivity index (χ4v) is 6.52. The second-order valence-corrected chi connectivity index (χ2v) is 10.2. The lowest BCUT2D eigenvalue weighted by Gasteiger charge is -2.34. The van der Waals surface area contributed by atoms with Crippen LogP contribution in [0.1, 0.15) is 0 Å². The number of piperazine rings is 1. The van der Waals surface area contributed by atoms with Gasteiger partial charge in [0.1, 0.15) is 16.3 Å². The van der Waals surface area contributed by atoms with Crippen LogP contribution in [0.5, 0.6) is 0 Å². The summed E-state index contributed by atoms with van der Waals surface area (Å²) in [6.45, 7) is 0.450. The van der Waals surface area contributed by atoms with E-state index < -0.39 is 10.0 Å². The van der Waals surface area contributed by atoms with Gasteiger partial charge in [-0.1, -0.05) is 29.3 Å². The van der Waals surface area contributed by atoms with Crippen LogP contribution >= 0.6 is 34.5 Å². The number of thiophene rings is 1. The first-order valence-electron chi connectivity index (χ1n) is 8.93. The van der Waals surface area contributed by atoms with E-state index in [1.54, 1.807) is 17.5 Å². The van der Waals surface area contributed by atoms with Crippen LogP contribution in [0.25, 0.3) is 10.2 Å². The molecule has 1 aliphatic heterocycles. The van der Waals surface area contributed by atoms with Crippen molar-refractivity contribution < 1.29 is 13.2 Å². The molecular formula is C18H16Cl2N4O4S2. The van der Waals surface area contributed by atoms with Crippen LogP contribution < -0.4 is 5.56 Å². The highest BCUT2D eigenvalue weighted by Gasteiger charge is 2.33. The van der Waals surface area contributed by atoms with Gasteiger partial charge in [0.15, 0.2) is 0 Å². The maximum atomic E-state index is 12.9. The van der Waals surface area contributed by atoms with Gasteiger partial charge in [0.25, 0.3) is 5.56 Å². The number of nitrogens with zero attached hydrogens (tertiary/aromatic N) is 4. The second kappa shape index (κ2) is 8.27. The number of hydrogen-bond acceptors (Lipinski definition) is 6. The molecule has 1 aromatic carbocycles. The number of hydrogen-bond donors (Lipinski definition) is 0. The van der Waals surface area contributed by atoms with Crippen molar-refractivity contribution in [3.05, 3.63) is 56.4 Å². The molecule has 1 fully saturated rings. The van der Waals surface area contributed by atoms with Crippen LogP contribution in [0.15, 0.2) is 45.7 Å². The van der Waals surface area contributed by atoms with Crippen molar-refractivity contribution in [2.75, 3.05) is 26.2 Å². The molecular weight excluding hydrogens is 471 g/mol. The van der Waals surface area contributed by atoms with Gasteiger partial charge in [-0.3, -0.25) is 14.2 Å². The number of benzene rings is 1. The molecule has 0 spiro atoms. The second-order valence-electron chi connectivity index (χ2n) is 6.65. The molecule has 0 radical (unpaired) electrons. The fourth-order valence-electron chi connectivity index (χ4n) is 3.29. The monoisotopic (exact) mass is 486 g/mol. The van der Waals surface area contributed by atoms with E-state index in [1.807, 2.05) is 0 Å². The summed E-state index contributed by atoms with van der Waals surface area (Å²) in [4.78, 5) is 31.3. The number of amides is 1. The minimum absolute atomic E-state index is 0.0525. The molecule has 3 heterocycles. The lowest BCUT2D eigenvalue weighted by molar-refractivity contribution is -0.133. The highest BCUT2D eigenvalue weighted by Crippen LogP contribution is 2.31. The summed E-state index contributed by atoms with van der Waals surface area (Å²) in [6, 6.07) is 6.19. The molecule has 1 saturated heterocycles. The maximum absolute atomic E-state index is 12.9. The smallest absolute Gasteiger partial charge is 0.262 e. The lowest BCUT2D eigenvalue weighted by atomic mass is 10.3. The number of halogens is 2. The molecule has 0 aliphatic carbocycles. The SMILES string of the molecule is O=C(Cn1cnc2sccc2c1=O)N1CCN(S(=O)(=O)c2c(Cl)cccc2Cl)CC1. The van der Waals surface area contributed by atoms with Gasteiger partial charge in [-0.05, 0) is 23.6 Å². The Morgan fingerprint density at radius 2 is 1.77 bits per heavy atom. The van der Waals surface area contributed by atoms with E-state index in [1.165, 1.54) is 43.6 Å². The highest BCUT2D eigenvalue weighted by atomic mass is 35.5. The average molecular weight is 487 g/mol. The van der Waals surface area contributed by atoms with Crippen LogP contribution in [0.2, 0.25) is 10.0 Å². The summed E-state index contributed by atoms with van der Waals surface area (Å²) >= 11 is 13.5.